The van der Waals surface area contributed by atoms with E-state index in [4.69, 9.17) is 21.3 Å². The summed E-state index contributed by atoms with van der Waals surface area (Å²) in [6, 6.07) is 17.0. The van der Waals surface area contributed by atoms with E-state index in [1.54, 1.807) is 0 Å². The van der Waals surface area contributed by atoms with Gasteiger partial charge in [0.05, 0.1) is 17.1 Å². The lowest BCUT2D eigenvalue weighted by Gasteiger charge is -2.32. The summed E-state index contributed by atoms with van der Waals surface area (Å²) in [4.78, 5) is 7.24. The predicted octanol–water partition coefficient (Wildman–Crippen LogP) is 5.67. The average molecular weight is 410 g/mol. The molecule has 2 aromatic carbocycles. The summed E-state index contributed by atoms with van der Waals surface area (Å²) in [5.41, 5.74) is 3.37. The van der Waals surface area contributed by atoms with Crippen LogP contribution in [0.1, 0.15) is 30.9 Å². The number of piperidine rings is 1. The Labute approximate surface area is 177 Å². The number of pyridine rings is 1. The number of benzene rings is 2. The first-order valence-corrected chi connectivity index (χ1v) is 10.8. The fourth-order valence-electron chi connectivity index (χ4n) is 3.95. The quantitative estimate of drug-likeness (QED) is 0.569. The van der Waals surface area contributed by atoms with Crippen LogP contribution in [0.2, 0.25) is 5.02 Å². The lowest BCUT2D eigenvalue weighted by molar-refractivity contribution is 0.211. The molecule has 1 aromatic heterocycles. The van der Waals surface area contributed by atoms with Gasteiger partial charge in [-0.2, -0.15) is 0 Å². The second kappa shape index (κ2) is 9.02. The van der Waals surface area contributed by atoms with Crippen molar-refractivity contribution in [2.75, 3.05) is 25.0 Å². The minimum atomic E-state index is 0.440. The average Bonchev–Trinajstić information content (AvgIpc) is 2.73. The number of aryl methyl sites for hydroxylation is 1. The van der Waals surface area contributed by atoms with Gasteiger partial charge in [-0.05, 0) is 62.1 Å². The van der Waals surface area contributed by atoms with Crippen molar-refractivity contribution >= 4 is 28.3 Å². The lowest BCUT2D eigenvalue weighted by atomic mass is 10.0. The van der Waals surface area contributed by atoms with Crippen molar-refractivity contribution in [1.82, 2.24) is 9.88 Å². The Morgan fingerprint density at radius 1 is 1.14 bits per heavy atom. The van der Waals surface area contributed by atoms with Crippen molar-refractivity contribution in [1.29, 1.82) is 0 Å². The van der Waals surface area contributed by atoms with Crippen molar-refractivity contribution in [3.05, 3.63) is 64.7 Å². The molecule has 0 saturated carbocycles. The van der Waals surface area contributed by atoms with Crippen LogP contribution in [0.15, 0.2) is 48.5 Å². The summed E-state index contributed by atoms with van der Waals surface area (Å²) in [5.74, 6) is 1.91. The van der Waals surface area contributed by atoms with E-state index in [2.05, 4.69) is 41.4 Å². The van der Waals surface area contributed by atoms with Gasteiger partial charge in [0.25, 0.3) is 0 Å². The number of hydrogen-bond donors (Lipinski definition) is 1. The molecular formula is C24H28ClN3O. The molecule has 0 unspecified atom stereocenters. The van der Waals surface area contributed by atoms with Crippen LogP contribution in [0, 0.1) is 6.92 Å². The Bertz CT molecular complexity index is 983. The molecule has 152 valence electrons. The van der Waals surface area contributed by atoms with Crippen LogP contribution in [0.3, 0.4) is 0 Å². The van der Waals surface area contributed by atoms with Gasteiger partial charge < -0.3 is 10.1 Å². The molecule has 0 spiro atoms. The fourth-order valence-corrected chi connectivity index (χ4v) is 4.17. The first kappa shape index (κ1) is 20.0. The lowest BCUT2D eigenvalue weighted by Crippen LogP contribution is -2.38. The number of hydrogen-bond acceptors (Lipinski definition) is 4. The van der Waals surface area contributed by atoms with Crippen LogP contribution < -0.4 is 10.1 Å². The van der Waals surface area contributed by atoms with Gasteiger partial charge >= 0.3 is 0 Å². The molecule has 4 nitrogen and oxygen atoms in total. The van der Waals surface area contributed by atoms with Gasteiger partial charge in [0.1, 0.15) is 11.6 Å². The summed E-state index contributed by atoms with van der Waals surface area (Å²) in [6.45, 7) is 7.95. The maximum absolute atomic E-state index is 6.30. The molecule has 1 N–H and O–H groups in total. The van der Waals surface area contributed by atoms with Gasteiger partial charge in [0, 0.05) is 31.1 Å². The van der Waals surface area contributed by atoms with Crippen molar-refractivity contribution in [3.63, 3.8) is 0 Å². The molecule has 3 aromatic rings. The minimum Gasteiger partial charge on any atom is -0.494 e. The largest absolute Gasteiger partial charge is 0.494 e. The highest BCUT2D eigenvalue weighted by molar-refractivity contribution is 6.35. The van der Waals surface area contributed by atoms with Gasteiger partial charge in [0.15, 0.2) is 0 Å². The molecule has 5 heteroatoms. The summed E-state index contributed by atoms with van der Waals surface area (Å²) in [5, 5.41) is 5.37. The van der Waals surface area contributed by atoms with E-state index in [0.717, 1.165) is 54.9 Å². The number of fused-ring (bicyclic) bond motifs is 1. The monoisotopic (exact) mass is 409 g/mol. The second-order valence-corrected chi connectivity index (χ2v) is 8.14. The number of rotatable bonds is 6. The number of halogens is 1. The van der Waals surface area contributed by atoms with Gasteiger partial charge in [0.2, 0.25) is 0 Å². The van der Waals surface area contributed by atoms with E-state index in [1.165, 1.54) is 11.1 Å². The predicted molar refractivity (Wildman–Crippen MR) is 121 cm³/mol. The molecule has 0 radical (unpaired) electrons. The van der Waals surface area contributed by atoms with Crippen LogP contribution in [-0.4, -0.2) is 35.6 Å². The normalized spacial score (nSPS) is 15.6. The highest BCUT2D eigenvalue weighted by Crippen LogP contribution is 2.25. The fraction of sp³-hybridized carbons (Fsp3) is 0.375. The number of anilines is 1. The van der Waals surface area contributed by atoms with Gasteiger partial charge in [-0.3, -0.25) is 4.90 Å². The Hall–Kier alpha value is -2.30. The van der Waals surface area contributed by atoms with Crippen LogP contribution >= 0.6 is 11.6 Å². The van der Waals surface area contributed by atoms with Crippen LogP contribution in [0.5, 0.6) is 5.75 Å². The Morgan fingerprint density at radius 3 is 2.76 bits per heavy atom. The third kappa shape index (κ3) is 4.82. The molecule has 0 aliphatic carbocycles. The van der Waals surface area contributed by atoms with Gasteiger partial charge in [-0.15, -0.1) is 0 Å². The van der Waals surface area contributed by atoms with E-state index in [9.17, 15) is 0 Å². The summed E-state index contributed by atoms with van der Waals surface area (Å²) in [6.07, 6.45) is 2.21. The topological polar surface area (TPSA) is 37.4 Å². The highest BCUT2D eigenvalue weighted by atomic mass is 35.5. The van der Waals surface area contributed by atoms with E-state index < -0.39 is 0 Å². The van der Waals surface area contributed by atoms with Crippen LogP contribution in [0.25, 0.3) is 10.9 Å². The standard InChI is InChI=1S/C24H28ClN3O/c1-3-29-22-15-18(8-7-17(22)2)16-28-13-11-20(12-14-28)26-23-10-9-19-5-4-6-21(25)24(19)27-23/h4-10,15,20H,3,11-14,16H2,1-2H3,(H,26,27). The zero-order valence-electron chi connectivity index (χ0n) is 17.1. The van der Waals surface area contributed by atoms with E-state index >= 15 is 0 Å². The van der Waals surface area contributed by atoms with Crippen molar-refractivity contribution in [3.8, 4) is 5.75 Å². The smallest absolute Gasteiger partial charge is 0.126 e. The molecule has 4 rings (SSSR count). The van der Waals surface area contributed by atoms with Crippen LogP contribution in [-0.2, 0) is 6.54 Å². The third-order valence-corrected chi connectivity index (χ3v) is 5.87. The molecule has 1 fully saturated rings. The Morgan fingerprint density at radius 2 is 1.97 bits per heavy atom. The molecule has 0 amide bonds. The Kier molecular flexibility index (Phi) is 6.22. The number of ether oxygens (including phenoxy) is 1. The molecule has 0 bridgehead atoms. The van der Waals surface area contributed by atoms with Gasteiger partial charge in [-0.25, -0.2) is 4.98 Å². The van der Waals surface area contributed by atoms with Crippen molar-refractivity contribution < 1.29 is 4.74 Å². The van der Waals surface area contributed by atoms with Crippen molar-refractivity contribution in [2.24, 2.45) is 0 Å². The summed E-state index contributed by atoms with van der Waals surface area (Å²) in [7, 11) is 0. The highest BCUT2D eigenvalue weighted by Gasteiger charge is 2.20. The molecule has 0 atom stereocenters. The SMILES string of the molecule is CCOc1cc(CN2CCC(Nc3ccc4cccc(Cl)c4n3)CC2)ccc1C. The zero-order valence-corrected chi connectivity index (χ0v) is 17.9. The molecular weight excluding hydrogens is 382 g/mol. The molecule has 2 heterocycles. The zero-order chi connectivity index (χ0) is 20.2. The maximum Gasteiger partial charge on any atom is 0.126 e. The first-order chi connectivity index (χ1) is 14.1. The number of likely N-dealkylation sites (tertiary alicyclic amines) is 1. The molecule has 29 heavy (non-hydrogen) atoms. The minimum absolute atomic E-state index is 0.440. The van der Waals surface area contributed by atoms with Gasteiger partial charge in [-0.1, -0.05) is 35.9 Å². The second-order valence-electron chi connectivity index (χ2n) is 7.74. The van der Waals surface area contributed by atoms with E-state index in [0.29, 0.717) is 17.7 Å². The van der Waals surface area contributed by atoms with E-state index in [1.807, 2.05) is 31.2 Å². The summed E-state index contributed by atoms with van der Waals surface area (Å²) < 4.78 is 5.74. The number of aromatic nitrogens is 1. The summed E-state index contributed by atoms with van der Waals surface area (Å²) >= 11 is 6.30. The number of nitrogens with zero attached hydrogens (tertiary/aromatic N) is 2. The van der Waals surface area contributed by atoms with E-state index in [-0.39, 0.29) is 0 Å². The Balaban J connectivity index is 1.34. The third-order valence-electron chi connectivity index (χ3n) is 5.57. The van der Waals surface area contributed by atoms with Crippen molar-refractivity contribution in [2.45, 2.75) is 39.3 Å². The molecule has 1 aliphatic heterocycles. The number of para-hydroxylation sites is 1. The molecule has 1 aliphatic rings. The first-order valence-electron chi connectivity index (χ1n) is 10.4. The maximum atomic E-state index is 6.30. The molecule has 1 saturated heterocycles. The van der Waals surface area contributed by atoms with Crippen LogP contribution in [0.4, 0.5) is 5.82 Å². The number of nitrogens with one attached hydrogen (secondary N) is 1.